The summed E-state index contributed by atoms with van der Waals surface area (Å²) in [5, 5.41) is 13.1. The summed E-state index contributed by atoms with van der Waals surface area (Å²) < 4.78 is 24.7. The average Bonchev–Trinajstić information content (AvgIpc) is 3.60. The number of oxazole rings is 1. The van der Waals surface area contributed by atoms with Crippen molar-refractivity contribution < 1.29 is 38.1 Å². The molecular formula is C48H52N4O8. The van der Waals surface area contributed by atoms with Crippen molar-refractivity contribution >= 4 is 17.8 Å². The second-order valence-corrected chi connectivity index (χ2v) is 16.4. The molecule has 2 aliphatic heterocycles. The number of hydrogen-bond donors (Lipinski definition) is 2. The minimum Gasteiger partial charge on any atom is -0.490 e. The molecule has 4 heterocycles. The first-order valence-corrected chi connectivity index (χ1v) is 21.0. The Morgan fingerprint density at radius 2 is 1.67 bits per heavy atom. The van der Waals surface area contributed by atoms with Crippen LogP contribution < -0.4 is 19.5 Å². The fourth-order valence-electron chi connectivity index (χ4n) is 8.71. The van der Waals surface area contributed by atoms with Gasteiger partial charge in [0.15, 0.2) is 29.2 Å². The third kappa shape index (κ3) is 8.59. The molecule has 3 aromatic carbocycles. The van der Waals surface area contributed by atoms with E-state index in [0.717, 1.165) is 69.1 Å². The lowest BCUT2D eigenvalue weighted by molar-refractivity contribution is -0.142. The number of pyridine rings is 1. The summed E-state index contributed by atoms with van der Waals surface area (Å²) in [5.41, 5.74) is 7.41. The van der Waals surface area contributed by atoms with Crippen LogP contribution in [0.5, 0.6) is 17.2 Å². The number of aliphatic carboxylic acids is 1. The Balaban J connectivity index is 0.991. The Morgan fingerprint density at radius 3 is 2.35 bits per heavy atom. The van der Waals surface area contributed by atoms with Crippen molar-refractivity contribution in [1.29, 1.82) is 0 Å². The molecule has 0 unspecified atom stereocenters. The number of fused-ring (bicyclic) bond motifs is 2. The fourth-order valence-corrected chi connectivity index (χ4v) is 8.71. The van der Waals surface area contributed by atoms with Crippen LogP contribution in [0.3, 0.4) is 0 Å². The van der Waals surface area contributed by atoms with Gasteiger partial charge in [-0.25, -0.2) is 9.78 Å². The standard InChI is InChI=1S/C48H52N4O8/c1-6-31-9-15-37(16-10-31)59-38-17-13-34(14-18-38)44-26-57-42-23-35-22-41(52(25-36(35)24-43(42)60-44)47(54)45-29(4)58-30(5)50-45)46(53)51-40(48(55)56)21-32-7-11-33(12-8-32)39-19-20-49-28(3)27(39)2/h7-8,11-14,17-20,23-24,31,37,40-41,44H,6,9-10,15-16,21-22,25-26H2,1-5H3,(H,51,53)(H,55,56)/t31?,37?,40-,41-,44+/m0/s1. The van der Waals surface area contributed by atoms with Crippen LogP contribution in [-0.4, -0.2) is 62.6 Å². The summed E-state index contributed by atoms with van der Waals surface area (Å²) in [6.07, 6.45) is 7.64. The maximum atomic E-state index is 14.2. The number of carbonyl (C=O) groups excluding carboxylic acids is 2. The lowest BCUT2D eigenvalue weighted by Gasteiger charge is -2.37. The summed E-state index contributed by atoms with van der Waals surface area (Å²) >= 11 is 0. The van der Waals surface area contributed by atoms with Crippen molar-refractivity contribution in [2.24, 2.45) is 5.92 Å². The summed E-state index contributed by atoms with van der Waals surface area (Å²) in [5.74, 6) is 1.12. The zero-order valence-electron chi connectivity index (χ0n) is 34.8. The Bertz CT molecular complexity index is 2380. The van der Waals surface area contributed by atoms with Crippen LogP contribution in [0.15, 0.2) is 77.3 Å². The van der Waals surface area contributed by atoms with E-state index in [1.54, 1.807) is 20.0 Å². The van der Waals surface area contributed by atoms with Crippen LogP contribution in [0.2, 0.25) is 0 Å². The van der Waals surface area contributed by atoms with E-state index in [4.69, 9.17) is 18.6 Å². The molecule has 0 radical (unpaired) electrons. The fraction of sp³-hybridized carbons (Fsp3) is 0.396. The number of benzene rings is 3. The molecule has 1 fully saturated rings. The van der Waals surface area contributed by atoms with E-state index >= 15 is 0 Å². The van der Waals surface area contributed by atoms with Gasteiger partial charge in [-0.3, -0.25) is 14.6 Å². The number of ether oxygens (including phenoxy) is 3. The van der Waals surface area contributed by atoms with E-state index in [0.29, 0.717) is 23.1 Å². The highest BCUT2D eigenvalue weighted by Gasteiger charge is 2.39. The first-order chi connectivity index (χ1) is 28.9. The summed E-state index contributed by atoms with van der Waals surface area (Å²) in [7, 11) is 0. The number of hydrogen-bond acceptors (Lipinski definition) is 9. The SMILES string of the molecule is CCC1CCC(Oc2ccc([C@H]3COc4cc5c(cc4O3)CN(C(=O)c3nc(C)oc3C)[C@H](C(=O)N[C@@H](Cc3ccc(-c4ccnc(C)c4C)cc3)C(=O)O)C5)cc2)CC1. The topological polar surface area (TPSA) is 153 Å². The molecule has 3 atom stereocenters. The third-order valence-electron chi connectivity index (χ3n) is 12.4. The van der Waals surface area contributed by atoms with Crippen LogP contribution >= 0.6 is 0 Å². The molecule has 2 aromatic heterocycles. The van der Waals surface area contributed by atoms with Crippen molar-refractivity contribution in [3.63, 3.8) is 0 Å². The molecule has 8 rings (SSSR count). The van der Waals surface area contributed by atoms with Crippen molar-refractivity contribution in [3.8, 4) is 28.4 Å². The molecule has 12 nitrogen and oxygen atoms in total. The summed E-state index contributed by atoms with van der Waals surface area (Å²) in [6, 6.07) is 19.0. The maximum Gasteiger partial charge on any atom is 0.326 e. The minimum atomic E-state index is -1.25. The minimum absolute atomic E-state index is 0.0457. The normalized spacial score (nSPS) is 20.2. The quantitative estimate of drug-likeness (QED) is 0.133. The molecule has 0 bridgehead atoms. The number of nitrogens with zero attached hydrogens (tertiary/aromatic N) is 3. The van der Waals surface area contributed by atoms with Gasteiger partial charge in [-0.1, -0.05) is 49.7 Å². The van der Waals surface area contributed by atoms with Gasteiger partial charge in [0.1, 0.15) is 30.2 Å². The largest absolute Gasteiger partial charge is 0.490 e. The van der Waals surface area contributed by atoms with Crippen LogP contribution in [0.1, 0.15) is 101 Å². The first kappa shape index (κ1) is 40.6. The van der Waals surface area contributed by atoms with Crippen molar-refractivity contribution in [1.82, 2.24) is 20.2 Å². The Morgan fingerprint density at radius 1 is 0.933 bits per heavy atom. The first-order valence-electron chi connectivity index (χ1n) is 21.0. The van der Waals surface area contributed by atoms with Gasteiger partial charge >= 0.3 is 5.97 Å². The predicted octanol–water partition coefficient (Wildman–Crippen LogP) is 8.21. The average molecular weight is 813 g/mol. The van der Waals surface area contributed by atoms with Gasteiger partial charge in [0.05, 0.1) is 6.10 Å². The van der Waals surface area contributed by atoms with Crippen molar-refractivity contribution in [2.45, 2.75) is 110 Å². The molecule has 0 spiro atoms. The molecule has 312 valence electrons. The van der Waals surface area contributed by atoms with Gasteiger partial charge in [-0.2, -0.15) is 0 Å². The van der Waals surface area contributed by atoms with Crippen molar-refractivity contribution in [2.75, 3.05) is 6.61 Å². The van der Waals surface area contributed by atoms with Gasteiger partial charge in [0.25, 0.3) is 5.91 Å². The van der Waals surface area contributed by atoms with Gasteiger partial charge in [-0.05, 0) is 122 Å². The van der Waals surface area contributed by atoms with E-state index in [1.807, 2.05) is 80.6 Å². The Hall–Kier alpha value is -6.17. The van der Waals surface area contributed by atoms with E-state index in [-0.39, 0.29) is 43.9 Å². The van der Waals surface area contributed by atoms with E-state index < -0.39 is 29.9 Å². The molecule has 3 aliphatic rings. The molecule has 5 aromatic rings. The molecule has 2 N–H and O–H groups in total. The Labute approximate surface area is 350 Å². The molecule has 12 heteroatoms. The van der Waals surface area contributed by atoms with E-state index in [1.165, 1.54) is 24.2 Å². The van der Waals surface area contributed by atoms with Crippen LogP contribution in [0.4, 0.5) is 0 Å². The number of carboxylic acids is 1. The van der Waals surface area contributed by atoms with Gasteiger partial charge in [0.2, 0.25) is 5.91 Å². The maximum absolute atomic E-state index is 14.2. The van der Waals surface area contributed by atoms with E-state index in [9.17, 15) is 19.5 Å². The number of carboxylic acid groups (broad SMARTS) is 1. The van der Waals surface area contributed by atoms with Gasteiger partial charge in [-0.15, -0.1) is 0 Å². The molecule has 1 aliphatic carbocycles. The highest BCUT2D eigenvalue weighted by Crippen LogP contribution is 2.41. The second kappa shape index (κ2) is 17.2. The number of amides is 2. The number of carbonyl (C=O) groups is 3. The molecular weight excluding hydrogens is 761 g/mol. The lowest BCUT2D eigenvalue weighted by atomic mass is 9.86. The van der Waals surface area contributed by atoms with Crippen molar-refractivity contribution in [3.05, 3.63) is 124 Å². The monoisotopic (exact) mass is 812 g/mol. The lowest BCUT2D eigenvalue weighted by Crippen LogP contribution is -2.56. The molecule has 0 saturated heterocycles. The van der Waals surface area contributed by atoms with Crippen LogP contribution in [0.25, 0.3) is 11.1 Å². The van der Waals surface area contributed by atoms with E-state index in [2.05, 4.69) is 22.2 Å². The molecule has 60 heavy (non-hydrogen) atoms. The summed E-state index contributed by atoms with van der Waals surface area (Å²) in [6.45, 7) is 9.89. The highest BCUT2D eigenvalue weighted by atomic mass is 16.6. The van der Waals surface area contributed by atoms with Crippen LogP contribution in [-0.2, 0) is 29.0 Å². The van der Waals surface area contributed by atoms with Crippen LogP contribution in [0, 0.1) is 33.6 Å². The number of rotatable bonds is 11. The molecule has 1 saturated carbocycles. The zero-order valence-corrected chi connectivity index (χ0v) is 34.8. The second-order valence-electron chi connectivity index (χ2n) is 16.4. The Kier molecular flexibility index (Phi) is 11.6. The zero-order chi connectivity index (χ0) is 42.1. The smallest absolute Gasteiger partial charge is 0.326 e. The predicted molar refractivity (Wildman–Crippen MR) is 224 cm³/mol. The highest BCUT2D eigenvalue weighted by molar-refractivity contribution is 5.98. The number of aromatic nitrogens is 2. The van der Waals surface area contributed by atoms with Gasteiger partial charge < -0.3 is 34.0 Å². The summed E-state index contributed by atoms with van der Waals surface area (Å²) in [4.78, 5) is 51.2. The number of aryl methyl sites for hydroxylation is 3. The van der Waals surface area contributed by atoms with Gasteiger partial charge in [0, 0.05) is 38.2 Å². The number of nitrogens with one attached hydrogen (secondary N) is 1. The molecule has 2 amide bonds. The third-order valence-corrected chi connectivity index (χ3v) is 12.4.